The molecule has 0 aliphatic carbocycles. The second kappa shape index (κ2) is 5.34. The molecule has 0 saturated carbocycles. The number of hydrogen-bond acceptors (Lipinski definition) is 3. The number of halogens is 1. The van der Waals surface area contributed by atoms with Gasteiger partial charge in [0, 0.05) is 24.4 Å². The molecule has 0 spiro atoms. The molecule has 0 amide bonds. The fraction of sp³-hybridized carbons (Fsp3) is 0.500. The number of fused-ring (bicyclic) bond motifs is 2. The largest absolute Gasteiger partial charge is 0.311 e. The van der Waals surface area contributed by atoms with E-state index >= 15 is 0 Å². The van der Waals surface area contributed by atoms with Gasteiger partial charge in [0.05, 0.1) is 11.6 Å². The first-order valence-electron chi connectivity index (χ1n) is 7.13. The fourth-order valence-corrected chi connectivity index (χ4v) is 3.46. The first-order valence-corrected chi connectivity index (χ1v) is 7.13. The van der Waals surface area contributed by atoms with Crippen LogP contribution < -0.4 is 5.32 Å². The van der Waals surface area contributed by atoms with Crippen molar-refractivity contribution in [1.29, 1.82) is 5.26 Å². The van der Waals surface area contributed by atoms with Crippen LogP contribution in [0.25, 0.3) is 0 Å². The normalized spacial score (nSPS) is 28.1. The molecule has 4 heteroatoms. The maximum atomic E-state index is 13.1. The molecule has 2 unspecified atom stereocenters. The molecule has 0 radical (unpaired) electrons. The summed E-state index contributed by atoms with van der Waals surface area (Å²) in [6.45, 7) is 0. The minimum Gasteiger partial charge on any atom is -0.311 e. The number of carbonyl (C=O) groups is 1. The minimum absolute atomic E-state index is 0.0883. The summed E-state index contributed by atoms with van der Waals surface area (Å²) in [5.41, 5.74) is 0.917. The molecule has 2 bridgehead atoms. The van der Waals surface area contributed by atoms with Crippen molar-refractivity contribution in [3.8, 4) is 6.07 Å². The first kappa shape index (κ1) is 13.3. The lowest BCUT2D eigenvalue weighted by molar-refractivity contribution is -0.123. The van der Waals surface area contributed by atoms with Crippen molar-refractivity contribution < 1.29 is 9.18 Å². The Hall–Kier alpha value is -1.73. The molecule has 2 fully saturated rings. The van der Waals surface area contributed by atoms with Gasteiger partial charge in [-0.2, -0.15) is 5.26 Å². The number of Topliss-reactive ketones (excluding diaryl/α,β-unsaturated/α-hetero) is 1. The molecule has 20 heavy (non-hydrogen) atoms. The Bertz CT molecular complexity index is 566. The quantitative estimate of drug-likeness (QED) is 0.919. The Kier molecular flexibility index (Phi) is 3.54. The van der Waals surface area contributed by atoms with E-state index < -0.39 is 5.82 Å². The summed E-state index contributed by atoms with van der Waals surface area (Å²) in [6, 6.07) is 7.00. The van der Waals surface area contributed by atoms with Crippen LogP contribution in [0.2, 0.25) is 0 Å². The predicted octanol–water partition coefficient (Wildman–Crippen LogP) is 2.34. The molecule has 1 aromatic carbocycles. The zero-order valence-electron chi connectivity index (χ0n) is 11.2. The number of carbonyl (C=O) groups excluding carboxylic acids is 1. The van der Waals surface area contributed by atoms with Crippen LogP contribution in [-0.4, -0.2) is 17.9 Å². The van der Waals surface area contributed by atoms with E-state index in [9.17, 15) is 9.18 Å². The van der Waals surface area contributed by atoms with Gasteiger partial charge in [0.15, 0.2) is 0 Å². The molecular weight excluding hydrogens is 255 g/mol. The number of nitrogens with one attached hydrogen (secondary N) is 1. The summed E-state index contributed by atoms with van der Waals surface area (Å²) in [7, 11) is 0. The van der Waals surface area contributed by atoms with E-state index in [-0.39, 0.29) is 23.7 Å². The lowest BCUT2D eigenvalue weighted by Crippen LogP contribution is -2.40. The molecule has 2 atom stereocenters. The van der Waals surface area contributed by atoms with Crippen molar-refractivity contribution in [2.24, 2.45) is 5.92 Å². The number of nitrogens with zero attached hydrogens (tertiary/aromatic N) is 1. The van der Waals surface area contributed by atoms with Gasteiger partial charge in [-0.1, -0.05) is 6.07 Å². The number of benzene rings is 1. The van der Waals surface area contributed by atoms with Gasteiger partial charge in [-0.15, -0.1) is 0 Å². The van der Waals surface area contributed by atoms with Gasteiger partial charge in [-0.3, -0.25) is 4.79 Å². The molecule has 2 aliphatic rings. The minimum atomic E-state index is -0.433. The zero-order chi connectivity index (χ0) is 14.1. The zero-order valence-corrected chi connectivity index (χ0v) is 11.2. The van der Waals surface area contributed by atoms with E-state index in [1.165, 1.54) is 12.1 Å². The third kappa shape index (κ3) is 2.59. The molecule has 2 saturated heterocycles. The molecular formula is C16H17FN2O. The van der Waals surface area contributed by atoms with Gasteiger partial charge < -0.3 is 5.32 Å². The Morgan fingerprint density at radius 1 is 1.35 bits per heavy atom. The number of rotatable bonds is 3. The Labute approximate surface area is 117 Å². The van der Waals surface area contributed by atoms with Crippen LogP contribution in [0.1, 0.15) is 36.8 Å². The summed E-state index contributed by atoms with van der Waals surface area (Å²) in [4.78, 5) is 12.4. The van der Waals surface area contributed by atoms with Crippen LogP contribution in [0.4, 0.5) is 4.39 Å². The van der Waals surface area contributed by atoms with Gasteiger partial charge in [0.1, 0.15) is 11.6 Å². The molecule has 2 aliphatic heterocycles. The van der Waals surface area contributed by atoms with Crippen molar-refractivity contribution >= 4 is 5.78 Å². The van der Waals surface area contributed by atoms with Gasteiger partial charge in [0.2, 0.25) is 0 Å². The van der Waals surface area contributed by atoms with Crippen LogP contribution in [0.15, 0.2) is 18.2 Å². The first-order chi connectivity index (χ1) is 9.65. The van der Waals surface area contributed by atoms with Crippen LogP contribution >= 0.6 is 0 Å². The molecule has 1 N–H and O–H groups in total. The van der Waals surface area contributed by atoms with Crippen molar-refractivity contribution in [3.05, 3.63) is 35.1 Å². The van der Waals surface area contributed by atoms with Gasteiger partial charge in [-0.05, 0) is 43.4 Å². The number of nitriles is 1. The topological polar surface area (TPSA) is 52.9 Å². The van der Waals surface area contributed by atoms with Crippen LogP contribution in [0, 0.1) is 23.1 Å². The number of hydrogen-bond donors (Lipinski definition) is 1. The predicted molar refractivity (Wildman–Crippen MR) is 72.5 cm³/mol. The average Bonchev–Trinajstić information content (AvgIpc) is 2.79. The van der Waals surface area contributed by atoms with Crippen molar-refractivity contribution in [2.45, 2.75) is 44.2 Å². The highest BCUT2D eigenvalue weighted by atomic mass is 19.1. The Balaban J connectivity index is 1.72. The molecule has 1 aromatic rings. The van der Waals surface area contributed by atoms with E-state index in [4.69, 9.17) is 5.26 Å². The Morgan fingerprint density at radius 2 is 2.05 bits per heavy atom. The second-order valence-corrected chi connectivity index (χ2v) is 5.86. The monoisotopic (exact) mass is 272 g/mol. The van der Waals surface area contributed by atoms with Gasteiger partial charge in [-0.25, -0.2) is 4.39 Å². The van der Waals surface area contributed by atoms with E-state index in [0.717, 1.165) is 25.7 Å². The molecule has 2 heterocycles. The van der Waals surface area contributed by atoms with Crippen LogP contribution in [-0.2, 0) is 11.2 Å². The van der Waals surface area contributed by atoms with E-state index in [1.54, 1.807) is 6.07 Å². The number of ketones is 1. The van der Waals surface area contributed by atoms with Crippen LogP contribution in [0.3, 0.4) is 0 Å². The summed E-state index contributed by atoms with van der Waals surface area (Å²) < 4.78 is 13.1. The van der Waals surface area contributed by atoms with E-state index in [0.29, 0.717) is 17.6 Å². The molecule has 104 valence electrons. The maximum Gasteiger partial charge on any atom is 0.140 e. The van der Waals surface area contributed by atoms with Gasteiger partial charge in [0.25, 0.3) is 0 Å². The third-order valence-corrected chi connectivity index (χ3v) is 4.49. The maximum absolute atomic E-state index is 13.1. The van der Waals surface area contributed by atoms with E-state index in [1.807, 2.05) is 6.07 Å². The van der Waals surface area contributed by atoms with Gasteiger partial charge >= 0.3 is 0 Å². The lowest BCUT2D eigenvalue weighted by atomic mass is 9.85. The lowest BCUT2D eigenvalue weighted by Gasteiger charge is -2.28. The summed E-state index contributed by atoms with van der Waals surface area (Å²) in [5, 5.41) is 12.5. The SMILES string of the molecule is N#Cc1cc(F)ccc1CC(=O)C1CC2CCC(C1)N2. The highest BCUT2D eigenvalue weighted by molar-refractivity contribution is 5.84. The fourth-order valence-electron chi connectivity index (χ4n) is 3.46. The summed E-state index contributed by atoms with van der Waals surface area (Å²) >= 11 is 0. The summed E-state index contributed by atoms with van der Waals surface area (Å²) in [5.74, 6) is -0.158. The van der Waals surface area contributed by atoms with E-state index in [2.05, 4.69) is 5.32 Å². The second-order valence-electron chi connectivity index (χ2n) is 5.86. The smallest absolute Gasteiger partial charge is 0.140 e. The molecule has 3 rings (SSSR count). The molecule has 0 aromatic heterocycles. The molecule has 3 nitrogen and oxygen atoms in total. The standard InChI is InChI=1S/C16H17FN2O/c17-13-2-1-10(12(5-13)9-18)8-16(20)11-6-14-3-4-15(7-11)19-14/h1-2,5,11,14-15,19H,3-4,6-8H2. The highest BCUT2D eigenvalue weighted by Gasteiger charge is 2.36. The van der Waals surface area contributed by atoms with Crippen LogP contribution in [0.5, 0.6) is 0 Å². The van der Waals surface area contributed by atoms with Crippen molar-refractivity contribution in [1.82, 2.24) is 5.32 Å². The highest BCUT2D eigenvalue weighted by Crippen LogP contribution is 2.32. The Morgan fingerprint density at radius 3 is 2.70 bits per heavy atom. The number of piperidine rings is 1. The summed E-state index contributed by atoms with van der Waals surface area (Å²) in [6.07, 6.45) is 4.37. The van der Waals surface area contributed by atoms with Crippen molar-refractivity contribution in [3.63, 3.8) is 0 Å². The third-order valence-electron chi connectivity index (χ3n) is 4.49. The average molecular weight is 272 g/mol. The van der Waals surface area contributed by atoms with Crippen molar-refractivity contribution in [2.75, 3.05) is 0 Å².